The molecule has 3 aliphatic rings. The third-order valence-corrected chi connectivity index (χ3v) is 13.7. The number of fused-ring (bicyclic) bond motifs is 1. The molecule has 2 aromatic heterocycles. The number of nitrogens with one attached hydrogen (secondary N) is 4. The van der Waals surface area contributed by atoms with Gasteiger partial charge in [-0.3, -0.25) is 43.9 Å². The quantitative estimate of drug-likeness (QED) is 0.0351. The molecule has 4 aromatic rings. The number of carbonyl (C=O) groups is 6. The van der Waals surface area contributed by atoms with Crippen LogP contribution in [0.4, 0.5) is 28.1 Å². The number of para-hydroxylation sites is 1. The summed E-state index contributed by atoms with van der Waals surface area (Å²) in [6, 6.07) is 11.0. The Labute approximate surface area is 417 Å². The number of rotatable bonds is 26. The zero-order valence-corrected chi connectivity index (χ0v) is 41.6. The summed E-state index contributed by atoms with van der Waals surface area (Å²) in [6.07, 6.45) is 11.8. The van der Waals surface area contributed by atoms with E-state index in [-0.39, 0.29) is 47.9 Å². The second-order valence-corrected chi connectivity index (χ2v) is 19.2. The van der Waals surface area contributed by atoms with E-state index < -0.39 is 29.7 Å². The third-order valence-electron chi connectivity index (χ3n) is 12.5. The largest absolute Gasteiger partial charge is 0.381 e. The number of halogens is 1. The van der Waals surface area contributed by atoms with Crippen molar-refractivity contribution in [2.24, 2.45) is 0 Å². The molecule has 70 heavy (non-hydrogen) atoms. The van der Waals surface area contributed by atoms with Crippen LogP contribution in [-0.4, -0.2) is 125 Å². The molecule has 3 aliphatic heterocycles. The normalized spacial score (nSPS) is 16.1. The SMILES string of the molecule is Cc1nc(Nc2ncc(C(=O)Nc3c(C)cccc3Cl)s2)cc(N2CCN(CCCCCCOCCCCCOCCCCCC(=O)Nc3cccc4c3C(=O)N(C3CCC(=O)NC3=O)C4=O)CC2)n1. The number of thiazole rings is 1. The van der Waals surface area contributed by atoms with Gasteiger partial charge < -0.3 is 30.3 Å². The number of hydrogen-bond acceptors (Lipinski definition) is 15. The summed E-state index contributed by atoms with van der Waals surface area (Å²) in [6.45, 7) is 11.5. The summed E-state index contributed by atoms with van der Waals surface area (Å²) in [7, 11) is 0. The number of piperazine rings is 1. The van der Waals surface area contributed by atoms with Crippen LogP contribution < -0.4 is 26.2 Å². The summed E-state index contributed by atoms with van der Waals surface area (Å²) in [5, 5.41) is 12.2. The Kier molecular flexibility index (Phi) is 19.2. The number of aryl methyl sites for hydroxylation is 2. The van der Waals surface area contributed by atoms with Crippen LogP contribution in [0.2, 0.25) is 5.02 Å². The molecule has 0 bridgehead atoms. The molecule has 2 fully saturated rings. The van der Waals surface area contributed by atoms with Gasteiger partial charge in [-0.1, -0.05) is 60.4 Å². The maximum absolute atomic E-state index is 13.3. The highest BCUT2D eigenvalue weighted by atomic mass is 35.5. The number of piperidine rings is 1. The average molecular weight is 1000 g/mol. The Morgan fingerprint density at radius 3 is 2.21 bits per heavy atom. The lowest BCUT2D eigenvalue weighted by Gasteiger charge is -2.35. The molecule has 0 spiro atoms. The van der Waals surface area contributed by atoms with Crippen molar-refractivity contribution >= 4 is 86.5 Å². The summed E-state index contributed by atoms with van der Waals surface area (Å²) < 4.78 is 11.7. The molecular formula is C50H63ClN10O8S. The van der Waals surface area contributed by atoms with Gasteiger partial charge in [-0.15, -0.1) is 0 Å². The Balaban J connectivity index is 0.658. The van der Waals surface area contributed by atoms with Crippen molar-refractivity contribution in [2.75, 3.05) is 80.0 Å². The van der Waals surface area contributed by atoms with Crippen LogP contribution >= 0.6 is 22.9 Å². The van der Waals surface area contributed by atoms with Crippen molar-refractivity contribution in [1.29, 1.82) is 0 Å². The average Bonchev–Trinajstić information content (AvgIpc) is 3.91. The van der Waals surface area contributed by atoms with E-state index in [1.165, 1.54) is 30.2 Å². The molecule has 0 saturated carbocycles. The molecule has 0 radical (unpaired) electrons. The van der Waals surface area contributed by atoms with E-state index in [1.54, 1.807) is 24.4 Å². The number of nitrogens with zero attached hydrogens (tertiary/aromatic N) is 6. The van der Waals surface area contributed by atoms with E-state index in [9.17, 15) is 28.8 Å². The Bertz CT molecular complexity index is 2480. The number of anilines is 5. The fourth-order valence-electron chi connectivity index (χ4n) is 8.67. The first-order chi connectivity index (χ1) is 33.9. The molecule has 6 amide bonds. The molecule has 20 heteroatoms. The molecule has 374 valence electrons. The Morgan fingerprint density at radius 1 is 0.814 bits per heavy atom. The van der Waals surface area contributed by atoms with E-state index >= 15 is 0 Å². The van der Waals surface area contributed by atoms with E-state index in [1.807, 2.05) is 32.0 Å². The minimum atomic E-state index is -1.07. The van der Waals surface area contributed by atoms with Crippen molar-refractivity contribution in [2.45, 2.75) is 103 Å². The van der Waals surface area contributed by atoms with Crippen LogP contribution in [-0.2, 0) is 23.9 Å². The molecule has 1 atom stereocenters. The molecule has 4 N–H and O–H groups in total. The highest BCUT2D eigenvalue weighted by Crippen LogP contribution is 2.33. The second kappa shape index (κ2) is 25.8. The van der Waals surface area contributed by atoms with Crippen LogP contribution in [0, 0.1) is 13.8 Å². The molecule has 0 aliphatic carbocycles. The van der Waals surface area contributed by atoms with Crippen LogP contribution in [0.1, 0.15) is 125 Å². The Morgan fingerprint density at radius 2 is 1.50 bits per heavy atom. The molecule has 2 saturated heterocycles. The smallest absolute Gasteiger partial charge is 0.267 e. The number of unbranched alkanes of at least 4 members (excludes halogenated alkanes) is 7. The highest BCUT2D eigenvalue weighted by molar-refractivity contribution is 7.17. The fraction of sp³-hybridized carbons (Fsp3) is 0.500. The number of ether oxygens (including phenoxy) is 2. The first kappa shape index (κ1) is 52.0. The van der Waals surface area contributed by atoms with Crippen molar-refractivity contribution in [3.05, 3.63) is 81.1 Å². The number of aromatic nitrogens is 3. The van der Waals surface area contributed by atoms with Gasteiger partial charge >= 0.3 is 0 Å². The lowest BCUT2D eigenvalue weighted by Crippen LogP contribution is -2.54. The van der Waals surface area contributed by atoms with Crippen LogP contribution in [0.15, 0.2) is 48.7 Å². The third kappa shape index (κ3) is 14.4. The zero-order valence-electron chi connectivity index (χ0n) is 40.0. The van der Waals surface area contributed by atoms with Gasteiger partial charge in [-0.25, -0.2) is 15.0 Å². The van der Waals surface area contributed by atoms with Crippen molar-refractivity contribution in [3.63, 3.8) is 0 Å². The molecule has 5 heterocycles. The topological polar surface area (TPSA) is 217 Å². The first-order valence-corrected chi connectivity index (χ1v) is 25.6. The van der Waals surface area contributed by atoms with Gasteiger partial charge in [-0.2, -0.15) is 0 Å². The van der Waals surface area contributed by atoms with Gasteiger partial charge in [0.05, 0.1) is 33.7 Å². The molecule has 2 aromatic carbocycles. The summed E-state index contributed by atoms with van der Waals surface area (Å²) in [4.78, 5) is 95.8. The number of hydrogen-bond donors (Lipinski definition) is 4. The first-order valence-electron chi connectivity index (χ1n) is 24.4. The Hall–Kier alpha value is -5.86. The van der Waals surface area contributed by atoms with Crippen molar-refractivity contribution in [3.8, 4) is 0 Å². The standard InChI is InChI=1S/C50H63ClN10O8S/c1-33-15-13-17-36(51)45(33)58-47(65)39-32-52-50(70-39)56-40-31-41(54-34(2)53-40)60-25-23-59(24-26-60)22-8-3-4-9-27-68-29-11-6-12-30-69-28-10-5-7-19-42(62)55-37-18-14-16-35-44(37)49(67)61(48(35)66)38-20-21-43(63)57-46(38)64/h13-18,31-32,38H,3-12,19-30H2,1-2H3,(H,55,62)(H,58,65)(H,57,63,64)(H,52,53,54,56). The van der Waals surface area contributed by atoms with Gasteiger partial charge in [0.15, 0.2) is 5.13 Å². The van der Waals surface area contributed by atoms with Crippen molar-refractivity contribution < 1.29 is 38.2 Å². The summed E-state index contributed by atoms with van der Waals surface area (Å²) in [5.41, 5.74) is 1.90. The van der Waals surface area contributed by atoms with E-state index in [4.69, 9.17) is 26.1 Å². The van der Waals surface area contributed by atoms with Crippen LogP contribution in [0.3, 0.4) is 0 Å². The predicted octanol–water partition coefficient (Wildman–Crippen LogP) is 7.69. The van der Waals surface area contributed by atoms with E-state index in [0.717, 1.165) is 107 Å². The predicted molar refractivity (Wildman–Crippen MR) is 269 cm³/mol. The molecule has 1 unspecified atom stereocenters. The van der Waals surface area contributed by atoms with Crippen LogP contribution in [0.25, 0.3) is 0 Å². The van der Waals surface area contributed by atoms with Crippen LogP contribution in [0.5, 0.6) is 0 Å². The van der Waals surface area contributed by atoms with Gasteiger partial charge in [0.1, 0.15) is 28.4 Å². The van der Waals surface area contributed by atoms with E-state index in [0.29, 0.717) is 52.0 Å². The molecule has 18 nitrogen and oxygen atoms in total. The summed E-state index contributed by atoms with van der Waals surface area (Å²) in [5.74, 6) is -0.753. The maximum Gasteiger partial charge on any atom is 0.267 e. The van der Waals surface area contributed by atoms with E-state index in [2.05, 4.69) is 41.0 Å². The number of benzene rings is 2. The number of carbonyl (C=O) groups excluding carboxylic acids is 6. The van der Waals surface area contributed by atoms with Gasteiger partial charge in [-0.05, 0) is 95.5 Å². The van der Waals surface area contributed by atoms with Crippen molar-refractivity contribution in [1.82, 2.24) is 30.1 Å². The lowest BCUT2D eigenvalue weighted by molar-refractivity contribution is -0.136. The number of imide groups is 2. The zero-order chi connectivity index (χ0) is 49.4. The second-order valence-electron chi connectivity index (χ2n) is 17.8. The fourth-order valence-corrected chi connectivity index (χ4v) is 9.66. The molecular weight excluding hydrogens is 936 g/mol. The number of amides is 6. The lowest BCUT2D eigenvalue weighted by atomic mass is 10.0. The van der Waals surface area contributed by atoms with Gasteiger partial charge in [0, 0.05) is 71.5 Å². The molecule has 7 rings (SSSR count). The minimum Gasteiger partial charge on any atom is -0.381 e. The monoisotopic (exact) mass is 998 g/mol. The summed E-state index contributed by atoms with van der Waals surface area (Å²) >= 11 is 7.55. The highest BCUT2D eigenvalue weighted by Gasteiger charge is 2.45. The maximum atomic E-state index is 13.3. The minimum absolute atomic E-state index is 0.0347. The van der Waals surface area contributed by atoms with Gasteiger partial charge in [0.2, 0.25) is 17.7 Å². The van der Waals surface area contributed by atoms with Gasteiger partial charge in [0.25, 0.3) is 17.7 Å².